The fourth-order valence-electron chi connectivity index (χ4n) is 0.949. The molecule has 0 radical (unpaired) electrons. The predicted molar refractivity (Wildman–Crippen MR) is 62.6 cm³/mol. The first-order valence-corrected chi connectivity index (χ1v) is 6.50. The van der Waals surface area contributed by atoms with Crippen LogP contribution in [0.2, 0.25) is 0 Å². The van der Waals surface area contributed by atoms with Crippen LogP contribution in [0.3, 0.4) is 0 Å². The van der Waals surface area contributed by atoms with E-state index in [0.29, 0.717) is 0 Å². The Morgan fingerprint density at radius 1 is 1.17 bits per heavy atom. The molecule has 3 heteroatoms. The number of benzene rings is 1. The Morgan fingerprint density at radius 2 is 1.67 bits per heavy atom. The van der Waals surface area contributed by atoms with Crippen molar-refractivity contribution in [3.63, 3.8) is 0 Å². The van der Waals surface area contributed by atoms with Crippen LogP contribution in [0.4, 0.5) is 0 Å². The van der Waals surface area contributed by atoms with Gasteiger partial charge in [0.25, 0.3) is 0 Å². The maximum absolute atomic E-state index is 6.69. The van der Waals surface area contributed by atoms with E-state index in [2.05, 4.69) is 55.8 Å². The van der Waals surface area contributed by atoms with E-state index in [1.54, 1.807) is 0 Å². The quantitative estimate of drug-likeness (QED) is 0.500. The molecule has 0 fully saturated rings. The topological polar surface area (TPSA) is 20.2 Å². The molecule has 0 saturated heterocycles. The molecule has 1 aromatic rings. The van der Waals surface area contributed by atoms with E-state index in [0.717, 1.165) is 0 Å². The molecule has 0 unspecified atom stereocenters. The highest BCUT2D eigenvalue weighted by Gasteiger charge is 1.90. The fourth-order valence-corrected chi connectivity index (χ4v) is 1.89. The van der Waals surface area contributed by atoms with Gasteiger partial charge in [0.1, 0.15) is 0 Å². The SMILES string of the molecule is C[SH](C)Cc1ccccc1.OS. The van der Waals surface area contributed by atoms with Crippen molar-refractivity contribution in [3.05, 3.63) is 35.9 Å². The molecule has 0 aliphatic heterocycles. The van der Waals surface area contributed by atoms with Gasteiger partial charge in [0.2, 0.25) is 0 Å². The normalized spacial score (nSPS) is 9.83. The molecule has 0 aliphatic carbocycles. The molecule has 1 nitrogen and oxygen atoms in total. The van der Waals surface area contributed by atoms with Crippen molar-refractivity contribution in [2.45, 2.75) is 5.75 Å². The minimum Gasteiger partial charge on any atom is -0.333 e. The van der Waals surface area contributed by atoms with Crippen LogP contribution in [0.15, 0.2) is 30.3 Å². The fraction of sp³-hybridized carbons (Fsp3) is 0.333. The second-order valence-electron chi connectivity index (χ2n) is 2.72. The molecule has 0 atom stereocenters. The zero-order chi connectivity index (χ0) is 9.40. The highest BCUT2D eigenvalue weighted by molar-refractivity contribution is 8.15. The lowest BCUT2D eigenvalue weighted by molar-refractivity contribution is 0.679. The summed E-state index contributed by atoms with van der Waals surface area (Å²) in [6.45, 7) is 0. The molecule has 0 bridgehead atoms. The Bertz CT molecular complexity index is 187. The Kier molecular flexibility index (Phi) is 7.45. The summed E-state index contributed by atoms with van der Waals surface area (Å²) in [5.74, 6) is 1.26. The van der Waals surface area contributed by atoms with E-state index in [1.165, 1.54) is 11.3 Å². The molecule has 0 heterocycles. The number of hydrogen-bond acceptors (Lipinski definition) is 2. The van der Waals surface area contributed by atoms with Gasteiger partial charge in [0, 0.05) is 0 Å². The Morgan fingerprint density at radius 3 is 2.08 bits per heavy atom. The first kappa shape index (κ1) is 11.9. The van der Waals surface area contributed by atoms with E-state index in [9.17, 15) is 0 Å². The van der Waals surface area contributed by atoms with Crippen molar-refractivity contribution in [2.75, 3.05) is 12.5 Å². The van der Waals surface area contributed by atoms with Crippen LogP contribution in [0.25, 0.3) is 0 Å². The van der Waals surface area contributed by atoms with Crippen molar-refractivity contribution in [3.8, 4) is 0 Å². The summed E-state index contributed by atoms with van der Waals surface area (Å²) in [6, 6.07) is 10.7. The van der Waals surface area contributed by atoms with Crippen LogP contribution in [-0.4, -0.2) is 17.1 Å². The minimum atomic E-state index is 0.223. The van der Waals surface area contributed by atoms with E-state index >= 15 is 0 Å². The Labute approximate surface area is 82.8 Å². The van der Waals surface area contributed by atoms with Gasteiger partial charge in [-0.2, -0.15) is 0 Å². The molecule has 0 aromatic heterocycles. The van der Waals surface area contributed by atoms with Gasteiger partial charge in [-0.05, 0) is 36.7 Å². The minimum absolute atomic E-state index is 0.223. The molecule has 12 heavy (non-hydrogen) atoms. The average Bonchev–Trinajstić information content (AvgIpc) is 2.08. The smallest absolute Gasteiger partial charge is 0.000395 e. The van der Waals surface area contributed by atoms with Crippen LogP contribution >= 0.6 is 23.8 Å². The largest absolute Gasteiger partial charge is 0.333 e. The van der Waals surface area contributed by atoms with Gasteiger partial charge in [-0.1, -0.05) is 30.3 Å². The van der Waals surface area contributed by atoms with E-state index in [-0.39, 0.29) is 10.9 Å². The van der Waals surface area contributed by atoms with Crippen LogP contribution in [0.1, 0.15) is 5.56 Å². The lowest BCUT2D eigenvalue weighted by Crippen LogP contribution is -1.82. The summed E-state index contributed by atoms with van der Waals surface area (Å²) in [6.07, 6.45) is 4.62. The summed E-state index contributed by atoms with van der Waals surface area (Å²) in [4.78, 5) is 0. The molecule has 0 aliphatic rings. The van der Waals surface area contributed by atoms with E-state index in [4.69, 9.17) is 4.55 Å². The molecular weight excluding hydrogens is 188 g/mol. The van der Waals surface area contributed by atoms with Crippen molar-refractivity contribution in [1.29, 1.82) is 0 Å². The van der Waals surface area contributed by atoms with Gasteiger partial charge in [-0.3, -0.25) is 10.9 Å². The highest BCUT2D eigenvalue weighted by atomic mass is 32.2. The monoisotopic (exact) mass is 204 g/mol. The van der Waals surface area contributed by atoms with Gasteiger partial charge in [0.15, 0.2) is 0 Å². The number of hydrogen-bond donors (Lipinski definition) is 3. The summed E-state index contributed by atoms with van der Waals surface area (Å²) in [5.41, 5.74) is 1.47. The van der Waals surface area contributed by atoms with Gasteiger partial charge in [-0.25, -0.2) is 0 Å². The second-order valence-corrected chi connectivity index (χ2v) is 5.20. The van der Waals surface area contributed by atoms with Crippen LogP contribution < -0.4 is 0 Å². The molecule has 0 saturated carbocycles. The molecule has 0 spiro atoms. The lowest BCUT2D eigenvalue weighted by Gasteiger charge is -2.07. The Hall–Kier alpha value is -0.120. The predicted octanol–water partition coefficient (Wildman–Crippen LogP) is 2.84. The summed E-state index contributed by atoms with van der Waals surface area (Å²) >= 11 is 2.53. The third-order valence-electron chi connectivity index (χ3n) is 1.34. The van der Waals surface area contributed by atoms with Crippen LogP contribution in [-0.2, 0) is 5.75 Å². The average molecular weight is 204 g/mol. The third-order valence-corrected chi connectivity index (χ3v) is 2.34. The molecule has 70 valence electrons. The highest BCUT2D eigenvalue weighted by Crippen LogP contribution is 2.20. The van der Waals surface area contributed by atoms with Crippen molar-refractivity contribution in [2.24, 2.45) is 0 Å². The number of rotatable bonds is 2. The standard InChI is InChI=1S/C9H14S.H2OS/c1-10(2)8-9-6-4-3-5-7-9;1-2/h3-7,10H,8H2,1-2H3;1-2H. The van der Waals surface area contributed by atoms with Crippen LogP contribution in [0.5, 0.6) is 0 Å². The molecule has 1 N–H and O–H groups in total. The molecule has 1 rings (SSSR count). The number of thiol groups is 2. The van der Waals surface area contributed by atoms with E-state index in [1.807, 2.05) is 0 Å². The van der Waals surface area contributed by atoms with Crippen molar-refractivity contribution in [1.82, 2.24) is 0 Å². The summed E-state index contributed by atoms with van der Waals surface area (Å²) in [7, 11) is 0.223. The zero-order valence-corrected chi connectivity index (χ0v) is 9.22. The van der Waals surface area contributed by atoms with Crippen molar-refractivity contribution < 1.29 is 4.55 Å². The third kappa shape index (κ3) is 5.52. The maximum Gasteiger partial charge on any atom is -0.000395 e. The first-order valence-electron chi connectivity index (χ1n) is 3.67. The summed E-state index contributed by atoms with van der Waals surface area (Å²) in [5, 5.41) is 0. The first-order chi connectivity index (χ1) is 5.79. The molecule has 1 aromatic carbocycles. The lowest BCUT2D eigenvalue weighted by atomic mass is 10.2. The van der Waals surface area contributed by atoms with Crippen molar-refractivity contribution >= 4 is 23.8 Å². The van der Waals surface area contributed by atoms with Gasteiger partial charge >= 0.3 is 0 Å². The van der Waals surface area contributed by atoms with E-state index < -0.39 is 0 Å². The second kappa shape index (κ2) is 7.53. The van der Waals surface area contributed by atoms with Gasteiger partial charge in [0.05, 0.1) is 0 Å². The maximum atomic E-state index is 6.69. The van der Waals surface area contributed by atoms with Crippen LogP contribution in [0, 0.1) is 0 Å². The summed E-state index contributed by atoms with van der Waals surface area (Å²) < 4.78 is 6.69. The Balaban J connectivity index is 0.000000561. The van der Waals surface area contributed by atoms with Gasteiger partial charge in [-0.15, -0.1) is 0 Å². The molecule has 0 amide bonds. The zero-order valence-electron chi connectivity index (χ0n) is 7.44. The molecular formula is C9H16OS2. The van der Waals surface area contributed by atoms with Gasteiger partial charge < -0.3 is 4.55 Å².